The highest BCUT2D eigenvalue weighted by Gasteiger charge is 2.24. The second kappa shape index (κ2) is 7.24. The average molecular weight is 267 g/mol. The molecule has 0 fully saturated rings. The van der Waals surface area contributed by atoms with Crippen LogP contribution in [0.3, 0.4) is 0 Å². The predicted molar refractivity (Wildman–Crippen MR) is 73.2 cm³/mol. The number of nitrogens with one attached hydrogen (secondary N) is 1. The molecule has 0 saturated carbocycles. The number of aryl methyl sites for hydroxylation is 1. The predicted octanol–water partition coefficient (Wildman–Crippen LogP) is 2.81. The Morgan fingerprint density at radius 2 is 2.16 bits per heavy atom. The topological polar surface area (TPSA) is 38.3 Å². The molecule has 0 aromatic heterocycles. The van der Waals surface area contributed by atoms with Crippen LogP contribution in [0.25, 0.3) is 0 Å². The number of benzene rings is 1. The fourth-order valence-electron chi connectivity index (χ4n) is 1.93. The van der Waals surface area contributed by atoms with Gasteiger partial charge in [-0.05, 0) is 36.1 Å². The summed E-state index contributed by atoms with van der Waals surface area (Å²) in [6, 6.07) is 4.30. The van der Waals surface area contributed by atoms with E-state index in [0.717, 1.165) is 17.5 Å². The maximum Gasteiger partial charge on any atom is 0.323 e. The van der Waals surface area contributed by atoms with E-state index in [4.69, 9.17) is 4.74 Å². The van der Waals surface area contributed by atoms with Crippen LogP contribution in [0.5, 0.6) is 0 Å². The summed E-state index contributed by atoms with van der Waals surface area (Å²) in [5.74, 6) is -0.370. The van der Waals surface area contributed by atoms with Crippen LogP contribution in [0.15, 0.2) is 18.2 Å². The molecule has 19 heavy (non-hydrogen) atoms. The van der Waals surface area contributed by atoms with Crippen LogP contribution < -0.4 is 5.32 Å². The van der Waals surface area contributed by atoms with Gasteiger partial charge in [-0.3, -0.25) is 4.79 Å². The number of halogens is 1. The van der Waals surface area contributed by atoms with Crippen molar-refractivity contribution in [1.29, 1.82) is 0 Å². The van der Waals surface area contributed by atoms with Crippen molar-refractivity contribution in [3.63, 3.8) is 0 Å². The van der Waals surface area contributed by atoms with Gasteiger partial charge in [0.25, 0.3) is 0 Å². The molecule has 0 bridgehead atoms. The Morgan fingerprint density at radius 1 is 1.47 bits per heavy atom. The molecule has 0 amide bonds. The molecule has 0 aliphatic carbocycles. The summed E-state index contributed by atoms with van der Waals surface area (Å²) in [6.45, 7) is 6.39. The molecule has 1 rings (SSSR count). The van der Waals surface area contributed by atoms with Gasteiger partial charge in [0.05, 0.1) is 7.11 Å². The van der Waals surface area contributed by atoms with Crippen molar-refractivity contribution in [3.8, 4) is 0 Å². The standard InChI is InChI=1S/C15H22FNO2/c1-5-10(2)14(15(18)19-4)17-9-12-8-13(16)7-6-11(12)3/h6-8,10,14,17H,5,9H2,1-4H3. The summed E-state index contributed by atoms with van der Waals surface area (Å²) >= 11 is 0. The van der Waals surface area contributed by atoms with E-state index in [9.17, 15) is 9.18 Å². The molecule has 2 unspecified atom stereocenters. The fraction of sp³-hybridized carbons (Fsp3) is 0.533. The smallest absolute Gasteiger partial charge is 0.323 e. The zero-order valence-electron chi connectivity index (χ0n) is 12.0. The summed E-state index contributed by atoms with van der Waals surface area (Å²) < 4.78 is 18.0. The lowest BCUT2D eigenvalue weighted by atomic mass is 9.98. The molecule has 4 heteroatoms. The summed E-state index contributed by atoms with van der Waals surface area (Å²) in [5, 5.41) is 3.16. The lowest BCUT2D eigenvalue weighted by Gasteiger charge is -2.22. The first-order valence-corrected chi connectivity index (χ1v) is 6.55. The number of hydrogen-bond donors (Lipinski definition) is 1. The molecule has 0 aliphatic heterocycles. The first kappa shape index (κ1) is 15.6. The van der Waals surface area contributed by atoms with Gasteiger partial charge in [-0.15, -0.1) is 0 Å². The van der Waals surface area contributed by atoms with E-state index in [0.29, 0.717) is 6.54 Å². The summed E-state index contributed by atoms with van der Waals surface area (Å²) in [4.78, 5) is 11.7. The Labute approximate surface area is 114 Å². The molecular formula is C15H22FNO2. The van der Waals surface area contributed by atoms with Gasteiger partial charge in [0.15, 0.2) is 0 Å². The van der Waals surface area contributed by atoms with Crippen molar-refractivity contribution in [3.05, 3.63) is 35.1 Å². The largest absolute Gasteiger partial charge is 0.468 e. The molecule has 1 N–H and O–H groups in total. The molecule has 106 valence electrons. The van der Waals surface area contributed by atoms with E-state index in [1.54, 1.807) is 6.07 Å². The highest BCUT2D eigenvalue weighted by atomic mass is 19.1. The van der Waals surface area contributed by atoms with Gasteiger partial charge in [0.2, 0.25) is 0 Å². The van der Waals surface area contributed by atoms with Gasteiger partial charge in [-0.25, -0.2) is 4.39 Å². The lowest BCUT2D eigenvalue weighted by molar-refractivity contribution is -0.144. The second-order valence-corrected chi connectivity index (χ2v) is 4.84. The van der Waals surface area contributed by atoms with Gasteiger partial charge < -0.3 is 10.1 Å². The van der Waals surface area contributed by atoms with Crippen LogP contribution in [0.4, 0.5) is 4.39 Å². The normalized spacial score (nSPS) is 13.9. The van der Waals surface area contributed by atoms with E-state index < -0.39 is 0 Å². The van der Waals surface area contributed by atoms with Gasteiger partial charge >= 0.3 is 5.97 Å². The monoisotopic (exact) mass is 267 g/mol. The highest BCUT2D eigenvalue weighted by Crippen LogP contribution is 2.13. The van der Waals surface area contributed by atoms with Gasteiger partial charge in [-0.1, -0.05) is 26.3 Å². The molecule has 2 atom stereocenters. The van der Waals surface area contributed by atoms with Gasteiger partial charge in [-0.2, -0.15) is 0 Å². The summed E-state index contributed by atoms with van der Waals surface area (Å²) in [6.07, 6.45) is 0.870. The average Bonchev–Trinajstić information content (AvgIpc) is 2.41. The first-order chi connectivity index (χ1) is 8.99. The minimum Gasteiger partial charge on any atom is -0.468 e. The number of carbonyl (C=O) groups excluding carboxylic acids is 1. The molecule has 3 nitrogen and oxygen atoms in total. The van der Waals surface area contributed by atoms with Crippen LogP contribution in [0.1, 0.15) is 31.4 Å². The third-order valence-corrected chi connectivity index (χ3v) is 3.49. The summed E-state index contributed by atoms with van der Waals surface area (Å²) in [7, 11) is 1.38. The Balaban J connectivity index is 2.75. The van der Waals surface area contributed by atoms with Crippen LogP contribution in [-0.2, 0) is 16.1 Å². The number of carbonyl (C=O) groups is 1. The first-order valence-electron chi connectivity index (χ1n) is 6.55. The molecular weight excluding hydrogens is 245 g/mol. The molecule has 1 aromatic carbocycles. The molecule has 0 aliphatic rings. The van der Waals surface area contributed by atoms with Crippen molar-refractivity contribution in [2.45, 2.75) is 39.8 Å². The number of esters is 1. The maximum atomic E-state index is 13.2. The summed E-state index contributed by atoms with van der Waals surface area (Å²) in [5.41, 5.74) is 1.86. The van der Waals surface area contributed by atoms with Crippen molar-refractivity contribution in [1.82, 2.24) is 5.32 Å². The van der Waals surface area contributed by atoms with E-state index in [1.807, 2.05) is 20.8 Å². The van der Waals surface area contributed by atoms with Gasteiger partial charge in [0.1, 0.15) is 11.9 Å². The van der Waals surface area contributed by atoms with E-state index in [-0.39, 0.29) is 23.7 Å². The number of rotatable bonds is 6. The number of methoxy groups -OCH3 is 1. The quantitative estimate of drug-likeness (QED) is 0.805. The fourth-order valence-corrected chi connectivity index (χ4v) is 1.93. The van der Waals surface area contributed by atoms with Crippen molar-refractivity contribution >= 4 is 5.97 Å². The van der Waals surface area contributed by atoms with Crippen molar-refractivity contribution in [2.75, 3.05) is 7.11 Å². The lowest BCUT2D eigenvalue weighted by Crippen LogP contribution is -2.42. The maximum absolute atomic E-state index is 13.2. The second-order valence-electron chi connectivity index (χ2n) is 4.84. The Bertz CT molecular complexity index is 434. The molecule has 0 spiro atoms. The molecule has 0 heterocycles. The Hall–Kier alpha value is -1.42. The zero-order chi connectivity index (χ0) is 14.4. The highest BCUT2D eigenvalue weighted by molar-refractivity contribution is 5.76. The molecule has 1 aromatic rings. The van der Waals surface area contributed by atoms with Crippen LogP contribution in [0.2, 0.25) is 0 Å². The van der Waals surface area contributed by atoms with Crippen molar-refractivity contribution in [2.24, 2.45) is 5.92 Å². The minimum atomic E-state index is -0.363. The van der Waals surface area contributed by atoms with E-state index in [2.05, 4.69) is 5.32 Å². The van der Waals surface area contributed by atoms with Crippen LogP contribution in [0, 0.1) is 18.7 Å². The third-order valence-electron chi connectivity index (χ3n) is 3.49. The number of ether oxygens (including phenoxy) is 1. The Kier molecular flexibility index (Phi) is 5.96. The minimum absolute atomic E-state index is 0.168. The molecule has 0 radical (unpaired) electrons. The Morgan fingerprint density at radius 3 is 2.74 bits per heavy atom. The third kappa shape index (κ3) is 4.31. The zero-order valence-corrected chi connectivity index (χ0v) is 12.0. The van der Waals surface area contributed by atoms with Crippen LogP contribution >= 0.6 is 0 Å². The van der Waals surface area contributed by atoms with Crippen molar-refractivity contribution < 1.29 is 13.9 Å². The van der Waals surface area contributed by atoms with E-state index in [1.165, 1.54) is 19.2 Å². The molecule has 0 saturated heterocycles. The van der Waals surface area contributed by atoms with E-state index >= 15 is 0 Å². The van der Waals surface area contributed by atoms with Gasteiger partial charge in [0, 0.05) is 6.54 Å². The number of hydrogen-bond acceptors (Lipinski definition) is 3. The SMILES string of the molecule is CCC(C)C(NCc1cc(F)ccc1C)C(=O)OC. The van der Waals surface area contributed by atoms with Crippen LogP contribution in [-0.4, -0.2) is 19.1 Å².